The van der Waals surface area contributed by atoms with E-state index in [1.807, 2.05) is 30.3 Å². The van der Waals surface area contributed by atoms with E-state index in [9.17, 15) is 5.11 Å². The number of nitrogens with zero attached hydrogens (tertiary/aromatic N) is 2. The molecule has 0 amide bonds. The van der Waals surface area contributed by atoms with E-state index in [0.29, 0.717) is 17.5 Å². The highest BCUT2D eigenvalue weighted by molar-refractivity contribution is 5.60. The number of nitrogens with two attached hydrogens (primary N) is 1. The summed E-state index contributed by atoms with van der Waals surface area (Å²) in [5.41, 5.74) is 6.55. The predicted octanol–water partition coefficient (Wildman–Crippen LogP) is 2.05. The van der Waals surface area contributed by atoms with Crippen LogP contribution in [0.3, 0.4) is 0 Å². The second kappa shape index (κ2) is 5.09. The maximum atomic E-state index is 9.52. The van der Waals surface area contributed by atoms with Gasteiger partial charge in [-0.2, -0.15) is 0 Å². The zero-order chi connectivity index (χ0) is 14.0. The van der Waals surface area contributed by atoms with Crippen LogP contribution in [0.25, 0.3) is 11.4 Å². The van der Waals surface area contributed by atoms with Crippen LogP contribution in [0.2, 0.25) is 0 Å². The molecule has 2 aromatic rings. The van der Waals surface area contributed by atoms with Gasteiger partial charge in [-0.3, -0.25) is 0 Å². The molecule has 104 valence electrons. The van der Waals surface area contributed by atoms with Crippen molar-refractivity contribution in [1.82, 2.24) is 9.97 Å². The average molecular weight is 270 g/mol. The monoisotopic (exact) mass is 270 g/mol. The summed E-state index contributed by atoms with van der Waals surface area (Å²) in [6.45, 7) is 0.109. The third-order valence-corrected chi connectivity index (χ3v) is 3.78. The lowest BCUT2D eigenvalue weighted by Gasteiger charge is -2.41. The molecule has 0 saturated heterocycles. The first-order chi connectivity index (χ1) is 9.71. The zero-order valence-corrected chi connectivity index (χ0v) is 11.2. The molecule has 0 radical (unpaired) electrons. The van der Waals surface area contributed by atoms with Crippen molar-refractivity contribution in [3.63, 3.8) is 0 Å². The molecule has 1 aromatic carbocycles. The lowest BCUT2D eigenvalue weighted by molar-refractivity contribution is 0.144. The highest BCUT2D eigenvalue weighted by atomic mass is 16.3. The second-order valence-electron chi connectivity index (χ2n) is 5.28. The van der Waals surface area contributed by atoms with Crippen molar-refractivity contribution < 1.29 is 5.11 Å². The van der Waals surface area contributed by atoms with E-state index in [2.05, 4.69) is 15.3 Å². The van der Waals surface area contributed by atoms with Crippen LogP contribution >= 0.6 is 0 Å². The first kappa shape index (κ1) is 12.9. The van der Waals surface area contributed by atoms with Gasteiger partial charge >= 0.3 is 0 Å². The molecule has 20 heavy (non-hydrogen) atoms. The van der Waals surface area contributed by atoms with Crippen molar-refractivity contribution in [1.29, 1.82) is 0 Å². The van der Waals surface area contributed by atoms with Crippen LogP contribution in [0, 0.1) is 0 Å². The number of rotatable bonds is 4. The molecule has 1 fully saturated rings. The molecule has 1 aliphatic carbocycles. The topological polar surface area (TPSA) is 84.1 Å². The van der Waals surface area contributed by atoms with E-state index >= 15 is 0 Å². The number of aromatic nitrogens is 2. The van der Waals surface area contributed by atoms with Crippen molar-refractivity contribution in [2.24, 2.45) is 0 Å². The van der Waals surface area contributed by atoms with Gasteiger partial charge in [-0.15, -0.1) is 0 Å². The Kier molecular flexibility index (Phi) is 3.28. The SMILES string of the molecule is Nc1cc(NC2(CO)CCC2)nc(-c2ccccc2)n1. The number of benzene rings is 1. The Labute approximate surface area is 117 Å². The smallest absolute Gasteiger partial charge is 0.163 e. The number of aliphatic hydroxyl groups excluding tert-OH is 1. The summed E-state index contributed by atoms with van der Waals surface area (Å²) >= 11 is 0. The molecule has 0 aliphatic heterocycles. The first-order valence-electron chi connectivity index (χ1n) is 6.80. The summed E-state index contributed by atoms with van der Waals surface area (Å²) in [5.74, 6) is 1.69. The number of nitrogen functional groups attached to an aromatic ring is 1. The number of hydrogen-bond acceptors (Lipinski definition) is 5. The van der Waals surface area contributed by atoms with Gasteiger partial charge in [0.1, 0.15) is 11.6 Å². The van der Waals surface area contributed by atoms with Crippen LogP contribution in [-0.4, -0.2) is 27.2 Å². The Morgan fingerprint density at radius 3 is 2.55 bits per heavy atom. The third-order valence-electron chi connectivity index (χ3n) is 3.78. The van der Waals surface area contributed by atoms with Crippen molar-refractivity contribution in [2.45, 2.75) is 24.8 Å². The number of nitrogens with one attached hydrogen (secondary N) is 1. The summed E-state index contributed by atoms with van der Waals surface area (Å²) in [4.78, 5) is 8.77. The minimum atomic E-state index is -0.241. The van der Waals surface area contributed by atoms with Gasteiger partial charge in [0, 0.05) is 11.6 Å². The van der Waals surface area contributed by atoms with Gasteiger partial charge in [0.15, 0.2) is 5.82 Å². The van der Waals surface area contributed by atoms with E-state index in [-0.39, 0.29) is 12.1 Å². The zero-order valence-electron chi connectivity index (χ0n) is 11.2. The van der Waals surface area contributed by atoms with E-state index in [1.165, 1.54) is 0 Å². The highest BCUT2D eigenvalue weighted by Crippen LogP contribution is 2.34. The molecule has 1 heterocycles. The van der Waals surface area contributed by atoms with Crippen molar-refractivity contribution in [3.05, 3.63) is 36.4 Å². The maximum absolute atomic E-state index is 9.52. The van der Waals surface area contributed by atoms with Crippen LogP contribution < -0.4 is 11.1 Å². The molecule has 0 unspecified atom stereocenters. The van der Waals surface area contributed by atoms with E-state index < -0.39 is 0 Å². The quantitative estimate of drug-likeness (QED) is 0.792. The van der Waals surface area contributed by atoms with Gasteiger partial charge in [-0.25, -0.2) is 9.97 Å². The Hall–Kier alpha value is -2.14. The van der Waals surface area contributed by atoms with Crippen molar-refractivity contribution in [2.75, 3.05) is 17.7 Å². The maximum Gasteiger partial charge on any atom is 0.163 e. The molecule has 1 aromatic heterocycles. The van der Waals surface area contributed by atoms with Crippen LogP contribution in [0.4, 0.5) is 11.6 Å². The molecule has 0 spiro atoms. The third kappa shape index (κ3) is 2.44. The Morgan fingerprint density at radius 2 is 1.95 bits per heavy atom. The van der Waals surface area contributed by atoms with Crippen molar-refractivity contribution in [3.8, 4) is 11.4 Å². The molecule has 0 bridgehead atoms. The van der Waals surface area contributed by atoms with Gasteiger partial charge in [0.05, 0.1) is 12.1 Å². The fourth-order valence-electron chi connectivity index (χ4n) is 2.44. The molecule has 1 saturated carbocycles. The van der Waals surface area contributed by atoms with Gasteiger partial charge in [-0.1, -0.05) is 30.3 Å². The summed E-state index contributed by atoms with van der Waals surface area (Å²) in [5, 5.41) is 12.8. The number of aliphatic hydroxyl groups is 1. The summed E-state index contributed by atoms with van der Waals surface area (Å²) < 4.78 is 0. The molecular weight excluding hydrogens is 252 g/mol. The number of anilines is 2. The van der Waals surface area contributed by atoms with E-state index in [1.54, 1.807) is 6.07 Å². The minimum Gasteiger partial charge on any atom is -0.394 e. The fourth-order valence-corrected chi connectivity index (χ4v) is 2.44. The minimum absolute atomic E-state index is 0.109. The van der Waals surface area contributed by atoms with Crippen LogP contribution in [0.15, 0.2) is 36.4 Å². The van der Waals surface area contributed by atoms with Crippen LogP contribution in [-0.2, 0) is 0 Å². The van der Waals surface area contributed by atoms with Crippen LogP contribution in [0.5, 0.6) is 0 Å². The predicted molar refractivity (Wildman–Crippen MR) is 79.2 cm³/mol. The summed E-state index contributed by atoms with van der Waals surface area (Å²) in [7, 11) is 0. The van der Waals surface area contributed by atoms with Crippen LogP contribution in [0.1, 0.15) is 19.3 Å². The van der Waals surface area contributed by atoms with Gasteiger partial charge in [0.25, 0.3) is 0 Å². The Balaban J connectivity index is 1.91. The standard InChI is InChI=1S/C15H18N4O/c16-12-9-13(19-15(10-20)7-4-8-15)18-14(17-12)11-5-2-1-3-6-11/h1-3,5-6,9,20H,4,7-8,10H2,(H3,16,17,18,19). The van der Waals surface area contributed by atoms with E-state index in [0.717, 1.165) is 24.8 Å². The summed E-state index contributed by atoms with van der Waals surface area (Å²) in [6, 6.07) is 11.4. The van der Waals surface area contributed by atoms with Gasteiger partial charge in [-0.05, 0) is 19.3 Å². The highest BCUT2D eigenvalue weighted by Gasteiger charge is 2.36. The molecule has 4 N–H and O–H groups in total. The average Bonchev–Trinajstić information content (AvgIpc) is 2.43. The lowest BCUT2D eigenvalue weighted by Crippen LogP contribution is -2.48. The molecule has 3 rings (SSSR count). The fraction of sp³-hybridized carbons (Fsp3) is 0.333. The second-order valence-corrected chi connectivity index (χ2v) is 5.28. The van der Waals surface area contributed by atoms with Crippen molar-refractivity contribution >= 4 is 11.6 Å². The molecule has 5 heteroatoms. The first-order valence-corrected chi connectivity index (χ1v) is 6.80. The Morgan fingerprint density at radius 1 is 1.20 bits per heavy atom. The Bertz CT molecular complexity index is 591. The van der Waals surface area contributed by atoms with Gasteiger partial charge < -0.3 is 16.2 Å². The number of hydrogen-bond donors (Lipinski definition) is 3. The molecule has 0 atom stereocenters. The largest absolute Gasteiger partial charge is 0.394 e. The normalized spacial score (nSPS) is 16.4. The lowest BCUT2D eigenvalue weighted by atomic mass is 9.77. The molecular formula is C15H18N4O. The molecule has 1 aliphatic rings. The summed E-state index contributed by atoms with van der Waals surface area (Å²) in [6.07, 6.45) is 3.03. The molecule has 5 nitrogen and oxygen atoms in total. The van der Waals surface area contributed by atoms with Gasteiger partial charge in [0.2, 0.25) is 0 Å². The van der Waals surface area contributed by atoms with E-state index in [4.69, 9.17) is 5.73 Å².